The van der Waals surface area contributed by atoms with Gasteiger partial charge in [0.25, 0.3) is 0 Å². The van der Waals surface area contributed by atoms with Crippen LogP contribution in [0.4, 0.5) is 0 Å². The average Bonchev–Trinajstić information content (AvgIpc) is 2.67. The van der Waals surface area contributed by atoms with Crippen molar-refractivity contribution in [2.75, 3.05) is 0 Å². The zero-order valence-electron chi connectivity index (χ0n) is 12.0. The van der Waals surface area contributed by atoms with E-state index in [0.29, 0.717) is 12.8 Å². The van der Waals surface area contributed by atoms with E-state index in [1.54, 1.807) is 6.08 Å². The summed E-state index contributed by atoms with van der Waals surface area (Å²) in [6, 6.07) is 2.07. The first-order valence-corrected chi connectivity index (χ1v) is 7.31. The summed E-state index contributed by atoms with van der Waals surface area (Å²) >= 11 is 0. The normalized spacial score (nSPS) is 29.3. The molecule has 0 unspecified atom stereocenters. The maximum Gasteiger partial charge on any atom is 0.303 e. The number of rotatable bonds is 8. The Balaban J connectivity index is 2.54. The van der Waals surface area contributed by atoms with Crippen molar-refractivity contribution in [3.63, 3.8) is 0 Å². The first-order chi connectivity index (χ1) is 9.97. The van der Waals surface area contributed by atoms with Crippen LogP contribution >= 0.6 is 0 Å². The van der Waals surface area contributed by atoms with Gasteiger partial charge in [0, 0.05) is 24.7 Å². The number of nitriles is 1. The number of hydrogen-bond donors (Lipinski definition) is 4. The number of allylic oxidation sites excluding steroid dienone is 1. The van der Waals surface area contributed by atoms with Gasteiger partial charge in [0.15, 0.2) is 0 Å². The highest BCUT2D eigenvalue weighted by Gasteiger charge is 2.44. The van der Waals surface area contributed by atoms with Crippen molar-refractivity contribution in [3.05, 3.63) is 11.8 Å². The third-order valence-corrected chi connectivity index (χ3v) is 3.95. The molecule has 1 aliphatic rings. The minimum atomic E-state index is -1.05. The van der Waals surface area contributed by atoms with Gasteiger partial charge in [-0.25, -0.2) is 0 Å². The molecule has 0 amide bonds. The summed E-state index contributed by atoms with van der Waals surface area (Å²) in [7, 11) is 0. The summed E-state index contributed by atoms with van der Waals surface area (Å²) in [5.74, 6) is -2.46. The number of carbonyl (C=O) groups is 1. The molecular formula is C15H23NO5. The Kier molecular flexibility index (Phi) is 7.20. The molecule has 0 radical (unpaired) electrons. The topological polar surface area (TPSA) is 122 Å². The number of nitrogens with zero attached hydrogens (tertiary/aromatic N) is 1. The van der Waals surface area contributed by atoms with Crippen molar-refractivity contribution in [2.45, 2.75) is 57.2 Å². The Morgan fingerprint density at radius 1 is 1.19 bits per heavy atom. The molecule has 0 aliphatic heterocycles. The third kappa shape index (κ3) is 5.37. The monoisotopic (exact) mass is 297 g/mol. The van der Waals surface area contributed by atoms with E-state index in [-0.39, 0.29) is 18.6 Å². The van der Waals surface area contributed by atoms with E-state index in [2.05, 4.69) is 6.07 Å². The van der Waals surface area contributed by atoms with Crippen LogP contribution < -0.4 is 0 Å². The third-order valence-electron chi connectivity index (χ3n) is 3.95. The molecule has 1 aliphatic carbocycles. The van der Waals surface area contributed by atoms with Crippen LogP contribution in [0.2, 0.25) is 0 Å². The highest BCUT2D eigenvalue weighted by atomic mass is 16.4. The lowest BCUT2D eigenvalue weighted by Gasteiger charge is -2.21. The number of carboxylic acids is 1. The molecular weight excluding hydrogens is 274 g/mol. The molecule has 4 atom stereocenters. The molecule has 0 spiro atoms. The lowest BCUT2D eigenvalue weighted by molar-refractivity contribution is -0.139. The molecule has 118 valence electrons. The summed E-state index contributed by atoms with van der Waals surface area (Å²) in [6.45, 7) is 0. The molecule has 1 rings (SSSR count). The van der Waals surface area contributed by atoms with E-state index in [1.807, 2.05) is 0 Å². The highest BCUT2D eigenvalue weighted by Crippen LogP contribution is 2.38. The average molecular weight is 297 g/mol. The van der Waals surface area contributed by atoms with Gasteiger partial charge >= 0.3 is 5.97 Å². The minimum Gasteiger partial charge on any atom is -0.512 e. The largest absolute Gasteiger partial charge is 0.512 e. The van der Waals surface area contributed by atoms with Crippen LogP contribution in [0.5, 0.6) is 0 Å². The number of aliphatic hydroxyl groups is 3. The van der Waals surface area contributed by atoms with Gasteiger partial charge in [-0.3, -0.25) is 4.79 Å². The summed E-state index contributed by atoms with van der Waals surface area (Å²) < 4.78 is 0. The molecule has 1 fully saturated rings. The van der Waals surface area contributed by atoms with E-state index >= 15 is 0 Å². The van der Waals surface area contributed by atoms with Crippen LogP contribution in [0.25, 0.3) is 0 Å². The number of hydrogen-bond acceptors (Lipinski definition) is 5. The molecule has 0 aromatic rings. The first kappa shape index (κ1) is 17.5. The van der Waals surface area contributed by atoms with E-state index in [1.165, 1.54) is 0 Å². The predicted octanol–water partition coefficient (Wildman–Crippen LogP) is 1.73. The Hall–Kier alpha value is -1.58. The van der Waals surface area contributed by atoms with E-state index in [9.17, 15) is 20.1 Å². The van der Waals surface area contributed by atoms with Gasteiger partial charge in [-0.2, -0.15) is 5.26 Å². The predicted molar refractivity (Wildman–Crippen MR) is 75.3 cm³/mol. The molecule has 21 heavy (non-hydrogen) atoms. The Bertz CT molecular complexity index is 415. The number of carboxylic acid groups (broad SMARTS) is 1. The lowest BCUT2D eigenvalue weighted by Crippen LogP contribution is -2.26. The molecule has 0 aromatic carbocycles. The Morgan fingerprint density at radius 3 is 2.52 bits per heavy atom. The molecule has 0 aromatic heterocycles. The van der Waals surface area contributed by atoms with E-state index < -0.39 is 30.0 Å². The highest BCUT2D eigenvalue weighted by molar-refractivity contribution is 5.67. The molecule has 0 bridgehead atoms. The van der Waals surface area contributed by atoms with Crippen molar-refractivity contribution in [3.8, 4) is 6.07 Å². The smallest absolute Gasteiger partial charge is 0.303 e. The summed E-state index contributed by atoms with van der Waals surface area (Å²) in [5, 5.41) is 47.0. The molecule has 0 heterocycles. The SMILES string of the molecule is N#CCCCCCC=C(O)[C@@H]1[C@@H](CC(=O)O)[C@@H](O)C[C@H]1O. The summed E-state index contributed by atoms with van der Waals surface area (Å²) in [5.41, 5.74) is 0. The second-order valence-electron chi connectivity index (χ2n) is 5.54. The lowest BCUT2D eigenvalue weighted by atomic mass is 9.88. The minimum absolute atomic E-state index is 0.0365. The van der Waals surface area contributed by atoms with Gasteiger partial charge < -0.3 is 20.4 Å². The van der Waals surface area contributed by atoms with Crippen LogP contribution in [0.15, 0.2) is 11.8 Å². The van der Waals surface area contributed by atoms with Gasteiger partial charge in [0.05, 0.1) is 30.5 Å². The number of aliphatic carboxylic acids is 1. The van der Waals surface area contributed by atoms with Crippen molar-refractivity contribution in [2.24, 2.45) is 11.8 Å². The van der Waals surface area contributed by atoms with Crippen LogP contribution in [0.1, 0.15) is 44.9 Å². The maximum absolute atomic E-state index is 10.8. The van der Waals surface area contributed by atoms with Crippen LogP contribution in [0.3, 0.4) is 0 Å². The second kappa shape index (κ2) is 8.65. The standard InChI is InChI=1S/C15H23NO5/c16-7-5-3-1-2-4-6-11(17)15-10(8-14(20)21)12(18)9-13(15)19/h6,10,12-13,15,17-19H,1-5,8-9H2,(H,20,21)/t10-,12-,13+,15-/m0/s1. The second-order valence-corrected chi connectivity index (χ2v) is 5.54. The van der Waals surface area contributed by atoms with Crippen LogP contribution in [-0.4, -0.2) is 38.6 Å². The van der Waals surface area contributed by atoms with Crippen molar-refractivity contribution in [1.29, 1.82) is 5.26 Å². The fourth-order valence-electron chi connectivity index (χ4n) is 2.89. The van der Waals surface area contributed by atoms with E-state index in [4.69, 9.17) is 10.4 Å². The maximum atomic E-state index is 10.8. The molecule has 6 heteroatoms. The van der Waals surface area contributed by atoms with Crippen LogP contribution in [-0.2, 0) is 4.79 Å². The molecule has 6 nitrogen and oxygen atoms in total. The van der Waals surface area contributed by atoms with Gasteiger partial charge in [0.1, 0.15) is 0 Å². The van der Waals surface area contributed by atoms with Gasteiger partial charge in [0.2, 0.25) is 0 Å². The fraction of sp³-hybridized carbons (Fsp3) is 0.733. The van der Waals surface area contributed by atoms with Gasteiger partial charge in [-0.05, 0) is 25.3 Å². The molecule has 4 N–H and O–H groups in total. The Labute approximate surface area is 124 Å². The summed E-state index contributed by atoms with van der Waals surface area (Å²) in [4.78, 5) is 10.8. The summed E-state index contributed by atoms with van der Waals surface area (Å²) in [6.07, 6.45) is 3.22. The zero-order valence-corrected chi connectivity index (χ0v) is 12.0. The fourth-order valence-corrected chi connectivity index (χ4v) is 2.89. The van der Waals surface area contributed by atoms with Gasteiger partial charge in [-0.15, -0.1) is 0 Å². The van der Waals surface area contributed by atoms with Crippen molar-refractivity contribution in [1.82, 2.24) is 0 Å². The Morgan fingerprint density at radius 2 is 1.90 bits per heavy atom. The number of aliphatic hydroxyl groups excluding tert-OH is 3. The molecule has 0 saturated heterocycles. The zero-order chi connectivity index (χ0) is 15.8. The number of unbranched alkanes of at least 4 members (excludes halogenated alkanes) is 4. The van der Waals surface area contributed by atoms with Crippen LogP contribution in [0, 0.1) is 23.2 Å². The van der Waals surface area contributed by atoms with Gasteiger partial charge in [-0.1, -0.05) is 6.42 Å². The molecule has 1 saturated carbocycles. The first-order valence-electron chi connectivity index (χ1n) is 7.31. The van der Waals surface area contributed by atoms with E-state index in [0.717, 1.165) is 19.3 Å². The van der Waals surface area contributed by atoms with Crippen molar-refractivity contribution >= 4 is 5.97 Å². The van der Waals surface area contributed by atoms with Crippen molar-refractivity contribution < 1.29 is 25.2 Å². The quantitative estimate of drug-likeness (QED) is 0.400.